The van der Waals surface area contributed by atoms with Gasteiger partial charge in [-0.1, -0.05) is 36.8 Å². The lowest BCUT2D eigenvalue weighted by atomic mass is 9.94. The van der Waals surface area contributed by atoms with Crippen molar-refractivity contribution in [1.82, 2.24) is 9.80 Å². The van der Waals surface area contributed by atoms with Crippen LogP contribution in [0.4, 0.5) is 0 Å². The van der Waals surface area contributed by atoms with Crippen molar-refractivity contribution in [1.29, 1.82) is 0 Å². The maximum Gasteiger partial charge on any atom is 0.266 e. The number of unbranched alkanes of at least 4 members (excludes halogenated alkanes) is 2. The molecule has 3 atom stereocenters. The first-order valence-electron chi connectivity index (χ1n) is 15.0. The third-order valence-electron chi connectivity index (χ3n) is 9.12. The van der Waals surface area contributed by atoms with E-state index in [1.54, 1.807) is 14.2 Å². The van der Waals surface area contributed by atoms with Crippen molar-refractivity contribution in [3.63, 3.8) is 0 Å². The summed E-state index contributed by atoms with van der Waals surface area (Å²) >= 11 is 7.16. The lowest BCUT2D eigenvalue weighted by Crippen LogP contribution is -2.41. The van der Waals surface area contributed by atoms with Crippen molar-refractivity contribution in [2.24, 2.45) is 11.8 Å². The lowest BCUT2D eigenvalue weighted by Gasteiger charge is -2.30. The average molecular weight is 597 g/mol. The third kappa shape index (κ3) is 6.38. The summed E-state index contributed by atoms with van der Waals surface area (Å²) in [5.74, 6) is 4.26. The summed E-state index contributed by atoms with van der Waals surface area (Å²) in [7, 11) is 3.29. The molecule has 41 heavy (non-hydrogen) atoms. The minimum absolute atomic E-state index is 0.0370. The molecule has 0 spiro atoms. The molecule has 3 unspecified atom stereocenters. The molecular formula is C32H40N2O5S2. The van der Waals surface area contributed by atoms with E-state index in [-0.39, 0.29) is 11.9 Å². The summed E-state index contributed by atoms with van der Waals surface area (Å²) in [5.41, 5.74) is 1.99. The number of thioether (sulfide) groups is 1. The Morgan fingerprint density at radius 2 is 1.80 bits per heavy atom. The van der Waals surface area contributed by atoms with Crippen molar-refractivity contribution in [3.05, 3.63) is 40.5 Å². The average Bonchev–Trinajstić information content (AvgIpc) is 3.78. The molecule has 4 aliphatic rings. The molecule has 1 amide bonds. The molecule has 1 aromatic carbocycles. The van der Waals surface area contributed by atoms with Crippen LogP contribution in [0, 0.1) is 11.8 Å². The Morgan fingerprint density at radius 3 is 2.49 bits per heavy atom. The standard InChI is InChI=1S/C32H40N2O5S2/c1-36-25-16-24(17-26(19-25)37-2)28-18-23(6-4-3-5-9-33-10-12-38-13-11-33)29(39-28)20-30-31(35)34(32(40)41-30)27-15-21-7-8-22(27)14-21/h16-22,27H,3-15H2,1-2H3. The number of amides is 1. The Labute approximate surface area is 252 Å². The van der Waals surface area contributed by atoms with Gasteiger partial charge in [-0.2, -0.15) is 0 Å². The number of hydrogen-bond donors (Lipinski definition) is 0. The number of nitrogens with zero attached hydrogens (tertiary/aromatic N) is 2. The Morgan fingerprint density at radius 1 is 1.02 bits per heavy atom. The molecule has 6 rings (SSSR count). The maximum atomic E-state index is 13.6. The normalized spacial score (nSPS) is 25.6. The zero-order valence-corrected chi connectivity index (χ0v) is 25.7. The van der Waals surface area contributed by atoms with Crippen LogP contribution in [0.25, 0.3) is 17.4 Å². The minimum Gasteiger partial charge on any atom is -0.497 e. The summed E-state index contributed by atoms with van der Waals surface area (Å²) in [6, 6.07) is 8.12. The van der Waals surface area contributed by atoms with Gasteiger partial charge >= 0.3 is 0 Å². The highest BCUT2D eigenvalue weighted by molar-refractivity contribution is 8.26. The number of aryl methyl sites for hydroxylation is 1. The van der Waals surface area contributed by atoms with Gasteiger partial charge in [0.15, 0.2) is 0 Å². The minimum atomic E-state index is 0.0370. The predicted molar refractivity (Wildman–Crippen MR) is 166 cm³/mol. The molecule has 4 fully saturated rings. The zero-order chi connectivity index (χ0) is 28.3. The zero-order valence-electron chi connectivity index (χ0n) is 24.1. The molecule has 2 saturated heterocycles. The van der Waals surface area contributed by atoms with Crippen LogP contribution in [-0.4, -0.2) is 73.1 Å². The molecule has 2 aromatic rings. The van der Waals surface area contributed by atoms with Crippen LogP contribution in [0.1, 0.15) is 56.3 Å². The largest absolute Gasteiger partial charge is 0.497 e. The van der Waals surface area contributed by atoms with Crippen molar-refractivity contribution in [2.75, 3.05) is 47.1 Å². The highest BCUT2D eigenvalue weighted by atomic mass is 32.2. The topological polar surface area (TPSA) is 64.4 Å². The number of furan rings is 1. The summed E-state index contributed by atoms with van der Waals surface area (Å²) in [5, 5.41) is 0. The van der Waals surface area contributed by atoms with Gasteiger partial charge in [0.05, 0.1) is 32.3 Å². The molecule has 1 aromatic heterocycles. The molecule has 2 aliphatic carbocycles. The van der Waals surface area contributed by atoms with E-state index in [1.807, 2.05) is 29.2 Å². The highest BCUT2D eigenvalue weighted by Gasteiger charge is 2.48. The number of thiocarbonyl (C=S) groups is 1. The number of carbonyl (C=O) groups excluding carboxylic acids is 1. The number of carbonyl (C=O) groups is 1. The van der Waals surface area contributed by atoms with Crippen LogP contribution >= 0.6 is 24.0 Å². The second-order valence-electron chi connectivity index (χ2n) is 11.7. The van der Waals surface area contributed by atoms with Gasteiger partial charge in [-0.15, -0.1) is 0 Å². The van der Waals surface area contributed by atoms with E-state index in [9.17, 15) is 4.79 Å². The highest BCUT2D eigenvalue weighted by Crippen LogP contribution is 2.49. The number of ether oxygens (including phenoxy) is 3. The quantitative estimate of drug-likeness (QED) is 0.168. The van der Waals surface area contributed by atoms with E-state index in [0.29, 0.717) is 26.6 Å². The summed E-state index contributed by atoms with van der Waals surface area (Å²) in [6.45, 7) is 4.84. The van der Waals surface area contributed by atoms with E-state index in [4.69, 9.17) is 30.8 Å². The van der Waals surface area contributed by atoms with E-state index >= 15 is 0 Å². The first-order chi connectivity index (χ1) is 20.0. The smallest absolute Gasteiger partial charge is 0.266 e. The Hall–Kier alpha value is -2.33. The van der Waals surface area contributed by atoms with Gasteiger partial charge in [0.1, 0.15) is 27.3 Å². The van der Waals surface area contributed by atoms with E-state index in [0.717, 1.165) is 93.5 Å². The monoisotopic (exact) mass is 596 g/mol. The number of rotatable bonds is 11. The number of fused-ring (bicyclic) bond motifs is 2. The number of methoxy groups -OCH3 is 2. The summed E-state index contributed by atoms with van der Waals surface area (Å²) in [4.78, 5) is 18.7. The predicted octanol–water partition coefficient (Wildman–Crippen LogP) is 6.40. The van der Waals surface area contributed by atoms with Crippen LogP contribution in [0.5, 0.6) is 11.5 Å². The van der Waals surface area contributed by atoms with Gasteiger partial charge < -0.3 is 18.6 Å². The summed E-state index contributed by atoms with van der Waals surface area (Å²) < 4.78 is 23.6. The van der Waals surface area contributed by atoms with Gasteiger partial charge in [0, 0.05) is 36.8 Å². The molecule has 3 heterocycles. The summed E-state index contributed by atoms with van der Waals surface area (Å²) in [6.07, 6.45) is 11.0. The molecule has 2 aliphatic heterocycles. The first kappa shape index (κ1) is 28.8. The van der Waals surface area contributed by atoms with Gasteiger partial charge in [-0.3, -0.25) is 14.6 Å². The number of hydrogen-bond acceptors (Lipinski definition) is 8. The molecule has 2 bridgehead atoms. The SMILES string of the molecule is COc1cc(OC)cc(-c2cc(CCCCCN3CCOCC3)c(C=C3SC(=S)N(C4CC5CCC4C5)C3=O)o2)c1. The van der Waals surface area contributed by atoms with Crippen LogP contribution in [0.15, 0.2) is 33.6 Å². The van der Waals surface area contributed by atoms with Crippen LogP contribution in [0.3, 0.4) is 0 Å². The van der Waals surface area contributed by atoms with Crippen molar-refractivity contribution in [3.8, 4) is 22.8 Å². The van der Waals surface area contributed by atoms with Gasteiger partial charge in [0.25, 0.3) is 5.91 Å². The van der Waals surface area contributed by atoms with Crippen LogP contribution < -0.4 is 9.47 Å². The van der Waals surface area contributed by atoms with Crippen molar-refractivity contribution < 1.29 is 23.4 Å². The van der Waals surface area contributed by atoms with Crippen molar-refractivity contribution >= 4 is 40.3 Å². The van der Waals surface area contributed by atoms with Crippen LogP contribution in [-0.2, 0) is 16.0 Å². The lowest BCUT2D eigenvalue weighted by molar-refractivity contribution is -0.124. The van der Waals surface area contributed by atoms with E-state index < -0.39 is 0 Å². The van der Waals surface area contributed by atoms with E-state index in [1.165, 1.54) is 31.0 Å². The Balaban J connectivity index is 1.21. The first-order valence-corrected chi connectivity index (χ1v) is 16.2. The number of morpholine rings is 1. The molecular weight excluding hydrogens is 556 g/mol. The van der Waals surface area contributed by atoms with Gasteiger partial charge in [-0.25, -0.2) is 0 Å². The van der Waals surface area contributed by atoms with Gasteiger partial charge in [-0.05, 0) is 80.7 Å². The molecule has 2 saturated carbocycles. The molecule has 7 nitrogen and oxygen atoms in total. The molecule has 0 N–H and O–H groups in total. The Kier molecular flexibility index (Phi) is 9.05. The second-order valence-corrected chi connectivity index (χ2v) is 13.3. The molecule has 220 valence electrons. The second kappa shape index (κ2) is 12.9. The fourth-order valence-electron chi connectivity index (χ4n) is 6.92. The fourth-order valence-corrected chi connectivity index (χ4v) is 8.26. The van der Waals surface area contributed by atoms with Crippen LogP contribution in [0.2, 0.25) is 0 Å². The Bertz CT molecular complexity index is 1280. The molecule has 9 heteroatoms. The maximum absolute atomic E-state index is 13.6. The molecule has 0 radical (unpaired) electrons. The van der Waals surface area contributed by atoms with E-state index in [2.05, 4.69) is 11.0 Å². The fraction of sp³-hybridized carbons (Fsp3) is 0.562. The van der Waals surface area contributed by atoms with Gasteiger partial charge in [0.2, 0.25) is 0 Å². The third-order valence-corrected chi connectivity index (χ3v) is 10.5. The van der Waals surface area contributed by atoms with Crippen molar-refractivity contribution in [2.45, 2.75) is 57.4 Å². The number of benzene rings is 1.